The minimum absolute atomic E-state index is 0.0369. The SMILES string of the molecule is CC(C)N(CCC(=O)NN)CC(F)(F)F. The van der Waals surface area contributed by atoms with Crippen LogP contribution in [0.25, 0.3) is 0 Å². The van der Waals surface area contributed by atoms with Gasteiger partial charge in [0.25, 0.3) is 0 Å². The Labute approximate surface area is 86.6 Å². The molecule has 1 amide bonds. The molecule has 0 atom stereocenters. The van der Waals surface area contributed by atoms with Crippen molar-refractivity contribution in [2.24, 2.45) is 5.84 Å². The standard InChI is InChI=1S/C8H16F3N3O/c1-6(2)14(5-8(9,10)11)4-3-7(15)13-12/h6H,3-5,12H2,1-2H3,(H,13,15). The average molecular weight is 227 g/mol. The van der Waals surface area contributed by atoms with Gasteiger partial charge in [-0.15, -0.1) is 0 Å². The molecule has 0 bridgehead atoms. The molecule has 3 N–H and O–H groups in total. The molecule has 0 saturated heterocycles. The summed E-state index contributed by atoms with van der Waals surface area (Å²) in [5.74, 6) is 4.35. The molecule has 0 spiro atoms. The first-order valence-electron chi connectivity index (χ1n) is 4.56. The Morgan fingerprint density at radius 1 is 1.47 bits per heavy atom. The van der Waals surface area contributed by atoms with E-state index in [1.165, 1.54) is 4.90 Å². The second-order valence-corrected chi connectivity index (χ2v) is 3.50. The molecule has 0 saturated carbocycles. The molecule has 15 heavy (non-hydrogen) atoms. The van der Waals surface area contributed by atoms with E-state index in [0.29, 0.717) is 0 Å². The highest BCUT2D eigenvalue weighted by Crippen LogP contribution is 2.17. The Morgan fingerprint density at radius 3 is 2.33 bits per heavy atom. The molecule has 7 heteroatoms. The van der Waals surface area contributed by atoms with Crippen LogP contribution in [0.2, 0.25) is 0 Å². The molecule has 0 aliphatic carbocycles. The van der Waals surface area contributed by atoms with Crippen LogP contribution in [-0.4, -0.2) is 36.1 Å². The Hall–Kier alpha value is -0.820. The number of nitrogens with zero attached hydrogens (tertiary/aromatic N) is 1. The van der Waals surface area contributed by atoms with Crippen LogP contribution >= 0.6 is 0 Å². The van der Waals surface area contributed by atoms with Crippen molar-refractivity contribution < 1.29 is 18.0 Å². The Balaban J connectivity index is 4.12. The highest BCUT2D eigenvalue weighted by atomic mass is 19.4. The summed E-state index contributed by atoms with van der Waals surface area (Å²) in [6, 6.07) is -0.266. The van der Waals surface area contributed by atoms with Crippen molar-refractivity contribution in [2.45, 2.75) is 32.5 Å². The highest BCUT2D eigenvalue weighted by Gasteiger charge is 2.31. The van der Waals surface area contributed by atoms with Gasteiger partial charge >= 0.3 is 6.18 Å². The van der Waals surface area contributed by atoms with Crippen LogP contribution in [0.5, 0.6) is 0 Å². The van der Waals surface area contributed by atoms with Crippen molar-refractivity contribution in [3.05, 3.63) is 0 Å². The second-order valence-electron chi connectivity index (χ2n) is 3.50. The molecule has 4 nitrogen and oxygen atoms in total. The van der Waals surface area contributed by atoms with Crippen LogP contribution in [0.15, 0.2) is 0 Å². The Bertz CT molecular complexity index is 206. The lowest BCUT2D eigenvalue weighted by molar-refractivity contribution is -0.150. The summed E-state index contributed by atoms with van der Waals surface area (Å²) in [7, 11) is 0. The summed E-state index contributed by atoms with van der Waals surface area (Å²) in [5, 5.41) is 0. The van der Waals surface area contributed by atoms with E-state index in [4.69, 9.17) is 5.84 Å². The molecule has 0 aliphatic heterocycles. The Kier molecular flexibility index (Phi) is 5.59. The quantitative estimate of drug-likeness (QED) is 0.411. The summed E-state index contributed by atoms with van der Waals surface area (Å²) in [6.07, 6.45) is -4.28. The van der Waals surface area contributed by atoms with Gasteiger partial charge in [0.1, 0.15) is 0 Å². The van der Waals surface area contributed by atoms with E-state index in [1.54, 1.807) is 13.8 Å². The number of hydrazine groups is 1. The maximum Gasteiger partial charge on any atom is 0.401 e. The van der Waals surface area contributed by atoms with Gasteiger partial charge in [-0.25, -0.2) is 5.84 Å². The van der Waals surface area contributed by atoms with Gasteiger partial charge in [-0.3, -0.25) is 15.1 Å². The first-order valence-corrected chi connectivity index (χ1v) is 4.56. The number of nitrogens with one attached hydrogen (secondary N) is 1. The largest absolute Gasteiger partial charge is 0.401 e. The zero-order valence-electron chi connectivity index (χ0n) is 8.77. The number of amides is 1. The lowest BCUT2D eigenvalue weighted by atomic mass is 10.2. The highest BCUT2D eigenvalue weighted by molar-refractivity contribution is 5.75. The van der Waals surface area contributed by atoms with E-state index in [2.05, 4.69) is 0 Å². The van der Waals surface area contributed by atoms with Gasteiger partial charge in [0, 0.05) is 19.0 Å². The summed E-state index contributed by atoms with van der Waals surface area (Å²) in [4.78, 5) is 11.9. The third-order valence-electron chi connectivity index (χ3n) is 1.90. The predicted molar refractivity (Wildman–Crippen MR) is 49.7 cm³/mol. The molecular weight excluding hydrogens is 211 g/mol. The number of carbonyl (C=O) groups excluding carboxylic acids is 1. The molecule has 0 heterocycles. The third kappa shape index (κ3) is 7.15. The zero-order valence-corrected chi connectivity index (χ0v) is 8.77. The number of alkyl halides is 3. The fourth-order valence-electron chi connectivity index (χ4n) is 1.07. The van der Waals surface area contributed by atoms with Crippen LogP contribution in [-0.2, 0) is 4.79 Å². The molecule has 0 rings (SSSR count). The lowest BCUT2D eigenvalue weighted by Gasteiger charge is -2.26. The molecule has 0 radical (unpaired) electrons. The van der Waals surface area contributed by atoms with Gasteiger partial charge in [-0.1, -0.05) is 0 Å². The molecular formula is C8H16F3N3O. The summed E-state index contributed by atoms with van der Waals surface area (Å²) in [5.41, 5.74) is 1.88. The average Bonchev–Trinajstić information content (AvgIpc) is 2.09. The first-order chi connectivity index (χ1) is 6.76. The first kappa shape index (κ1) is 14.2. The smallest absolute Gasteiger partial charge is 0.294 e. The molecule has 0 aromatic carbocycles. The lowest BCUT2D eigenvalue weighted by Crippen LogP contribution is -2.41. The number of carbonyl (C=O) groups is 1. The van der Waals surface area contributed by atoms with Crippen molar-refractivity contribution in [3.63, 3.8) is 0 Å². The van der Waals surface area contributed by atoms with Gasteiger partial charge < -0.3 is 0 Å². The molecule has 0 unspecified atom stereocenters. The van der Waals surface area contributed by atoms with Gasteiger partial charge in [0.2, 0.25) is 5.91 Å². The summed E-state index contributed by atoms with van der Waals surface area (Å²) >= 11 is 0. The van der Waals surface area contributed by atoms with Crippen LogP contribution in [0.4, 0.5) is 13.2 Å². The number of hydrogen-bond acceptors (Lipinski definition) is 3. The zero-order chi connectivity index (χ0) is 12.1. The number of hydrogen-bond donors (Lipinski definition) is 2. The van der Waals surface area contributed by atoms with Crippen LogP contribution in [0.1, 0.15) is 20.3 Å². The van der Waals surface area contributed by atoms with Crippen LogP contribution in [0.3, 0.4) is 0 Å². The predicted octanol–water partition coefficient (Wildman–Crippen LogP) is 0.639. The fourth-order valence-corrected chi connectivity index (χ4v) is 1.07. The van der Waals surface area contributed by atoms with E-state index in [9.17, 15) is 18.0 Å². The second kappa shape index (κ2) is 5.92. The normalized spacial score (nSPS) is 12.3. The maximum absolute atomic E-state index is 12.1. The van der Waals surface area contributed by atoms with Crippen molar-refractivity contribution in [3.8, 4) is 0 Å². The van der Waals surface area contributed by atoms with Crippen molar-refractivity contribution >= 4 is 5.91 Å². The molecule has 0 fully saturated rings. The van der Waals surface area contributed by atoms with E-state index in [1.807, 2.05) is 5.43 Å². The van der Waals surface area contributed by atoms with E-state index in [-0.39, 0.29) is 19.0 Å². The minimum Gasteiger partial charge on any atom is -0.294 e. The van der Waals surface area contributed by atoms with E-state index >= 15 is 0 Å². The van der Waals surface area contributed by atoms with Crippen molar-refractivity contribution in [1.82, 2.24) is 10.3 Å². The molecule has 0 aromatic rings. The number of rotatable bonds is 5. The van der Waals surface area contributed by atoms with E-state index in [0.717, 1.165) is 0 Å². The molecule has 0 aliphatic rings. The van der Waals surface area contributed by atoms with Gasteiger partial charge in [0.15, 0.2) is 0 Å². The van der Waals surface area contributed by atoms with Crippen molar-refractivity contribution in [1.29, 1.82) is 0 Å². The summed E-state index contributed by atoms with van der Waals surface area (Å²) < 4.78 is 36.3. The van der Waals surface area contributed by atoms with Crippen LogP contribution in [0, 0.1) is 0 Å². The molecule has 90 valence electrons. The van der Waals surface area contributed by atoms with Gasteiger partial charge in [-0.2, -0.15) is 13.2 Å². The van der Waals surface area contributed by atoms with E-state index < -0.39 is 18.6 Å². The van der Waals surface area contributed by atoms with Crippen LogP contribution < -0.4 is 11.3 Å². The third-order valence-corrected chi connectivity index (χ3v) is 1.90. The van der Waals surface area contributed by atoms with Gasteiger partial charge in [-0.05, 0) is 13.8 Å². The minimum atomic E-state index is -4.25. The maximum atomic E-state index is 12.1. The Morgan fingerprint density at radius 2 is 2.00 bits per heavy atom. The molecule has 0 aromatic heterocycles. The van der Waals surface area contributed by atoms with Crippen molar-refractivity contribution in [2.75, 3.05) is 13.1 Å². The number of halogens is 3. The summed E-state index contributed by atoms with van der Waals surface area (Å²) in [6.45, 7) is 2.32. The van der Waals surface area contributed by atoms with Gasteiger partial charge in [0.05, 0.1) is 6.54 Å². The number of nitrogens with two attached hydrogens (primary N) is 1. The fraction of sp³-hybridized carbons (Fsp3) is 0.875. The topological polar surface area (TPSA) is 58.4 Å². The monoisotopic (exact) mass is 227 g/mol.